The number of carbonyl (C=O) groups is 2. The summed E-state index contributed by atoms with van der Waals surface area (Å²) in [5, 5.41) is 7.12. The number of likely N-dealkylation sites (tertiary alicyclic amines) is 2. The van der Waals surface area contributed by atoms with Crippen LogP contribution >= 0.6 is 0 Å². The molecular weight excluding hydrogens is 365 g/mol. The van der Waals surface area contributed by atoms with Gasteiger partial charge < -0.3 is 14.6 Å². The molecule has 1 aliphatic carbocycles. The van der Waals surface area contributed by atoms with Crippen LogP contribution in [0.5, 0.6) is 0 Å². The van der Waals surface area contributed by atoms with Gasteiger partial charge in [0.2, 0.25) is 5.91 Å². The number of imidazole rings is 1. The molecule has 0 unspecified atom stereocenters. The molecule has 3 fully saturated rings. The maximum absolute atomic E-state index is 12.4. The Labute approximate surface area is 154 Å². The fourth-order valence-electron chi connectivity index (χ4n) is 3.69. The van der Waals surface area contributed by atoms with Crippen molar-refractivity contribution in [2.45, 2.75) is 25.6 Å². The van der Waals surface area contributed by atoms with Crippen LogP contribution in [-0.4, -0.2) is 68.7 Å². The van der Waals surface area contributed by atoms with Crippen molar-refractivity contribution in [3.05, 3.63) is 18.2 Å². The summed E-state index contributed by atoms with van der Waals surface area (Å²) in [7, 11) is 2.03. The van der Waals surface area contributed by atoms with Crippen LogP contribution in [0.3, 0.4) is 0 Å². The van der Waals surface area contributed by atoms with Gasteiger partial charge in [-0.05, 0) is 18.8 Å². The van der Waals surface area contributed by atoms with Crippen molar-refractivity contribution in [1.29, 1.82) is 0 Å². The van der Waals surface area contributed by atoms with Gasteiger partial charge in [-0.2, -0.15) is 13.2 Å². The second-order valence-corrected chi connectivity index (χ2v) is 7.50. The summed E-state index contributed by atoms with van der Waals surface area (Å²) in [6, 6.07) is 0. The first-order valence-corrected chi connectivity index (χ1v) is 8.92. The Morgan fingerprint density at radius 1 is 1.30 bits per heavy atom. The van der Waals surface area contributed by atoms with Crippen molar-refractivity contribution in [2.75, 3.05) is 26.2 Å². The first kappa shape index (κ1) is 19.7. The molecule has 0 spiro atoms. The molecule has 3 heterocycles. The lowest BCUT2D eigenvalue weighted by Gasteiger charge is -2.21. The number of carboxylic acids is 1. The van der Waals surface area contributed by atoms with Gasteiger partial charge in [0.15, 0.2) is 0 Å². The van der Waals surface area contributed by atoms with E-state index < -0.39 is 12.1 Å². The standard InChI is InChI=1S/C15H22N4O.C2HF3O2/c1-17-5-4-16-14(17)10-18-7-12-8-19(6-11-2-3-11)15(20)13(12)9-18;3-2(4,5)1(6)7/h4-5,11-13H,2-3,6-10H2,1H3;(H,6,7)/t12-,13-;/m0./s1. The van der Waals surface area contributed by atoms with E-state index in [4.69, 9.17) is 9.90 Å². The van der Waals surface area contributed by atoms with Crippen molar-refractivity contribution >= 4 is 11.9 Å². The average molecular weight is 388 g/mol. The van der Waals surface area contributed by atoms with Crippen LogP contribution in [0.25, 0.3) is 0 Å². The summed E-state index contributed by atoms with van der Waals surface area (Å²) in [6.45, 7) is 4.83. The third kappa shape index (κ3) is 4.79. The van der Waals surface area contributed by atoms with Crippen molar-refractivity contribution in [1.82, 2.24) is 19.4 Å². The molecule has 1 aromatic rings. The monoisotopic (exact) mass is 388 g/mol. The first-order chi connectivity index (χ1) is 12.6. The number of carboxylic acid groups (broad SMARTS) is 1. The maximum Gasteiger partial charge on any atom is 0.490 e. The Morgan fingerprint density at radius 3 is 2.44 bits per heavy atom. The molecule has 3 aliphatic rings. The molecule has 1 N–H and O–H groups in total. The van der Waals surface area contributed by atoms with Gasteiger partial charge in [0.25, 0.3) is 0 Å². The Kier molecular flexibility index (Phi) is 5.45. The van der Waals surface area contributed by atoms with Gasteiger partial charge in [-0.1, -0.05) is 0 Å². The number of fused-ring (bicyclic) bond motifs is 1. The second kappa shape index (κ2) is 7.49. The normalized spacial score (nSPS) is 25.3. The molecule has 1 aromatic heterocycles. The molecule has 7 nitrogen and oxygen atoms in total. The average Bonchev–Trinajstić information content (AvgIpc) is 3.07. The third-order valence-corrected chi connectivity index (χ3v) is 5.30. The first-order valence-electron chi connectivity index (χ1n) is 8.92. The molecule has 2 saturated heterocycles. The molecule has 0 radical (unpaired) electrons. The van der Waals surface area contributed by atoms with Crippen molar-refractivity contribution < 1.29 is 27.9 Å². The van der Waals surface area contributed by atoms with Crippen LogP contribution in [0.15, 0.2) is 12.4 Å². The van der Waals surface area contributed by atoms with Crippen molar-refractivity contribution in [3.8, 4) is 0 Å². The molecule has 27 heavy (non-hydrogen) atoms. The predicted molar refractivity (Wildman–Crippen MR) is 88.5 cm³/mol. The quantitative estimate of drug-likeness (QED) is 0.843. The van der Waals surface area contributed by atoms with Crippen molar-refractivity contribution in [2.24, 2.45) is 24.8 Å². The van der Waals surface area contributed by atoms with Crippen LogP contribution in [0, 0.1) is 17.8 Å². The van der Waals surface area contributed by atoms with E-state index in [1.165, 1.54) is 12.8 Å². The number of carbonyl (C=O) groups excluding carboxylic acids is 1. The molecule has 1 saturated carbocycles. The zero-order valence-corrected chi connectivity index (χ0v) is 15.0. The van der Waals surface area contributed by atoms with E-state index in [0.717, 1.165) is 44.5 Å². The molecule has 4 rings (SSSR count). The maximum atomic E-state index is 12.4. The fraction of sp³-hybridized carbons (Fsp3) is 0.706. The number of aryl methyl sites for hydroxylation is 1. The molecule has 2 atom stereocenters. The minimum absolute atomic E-state index is 0.244. The number of halogens is 3. The zero-order valence-electron chi connectivity index (χ0n) is 15.0. The number of aliphatic carboxylic acids is 1. The Morgan fingerprint density at radius 2 is 1.96 bits per heavy atom. The molecular formula is C17H23F3N4O3. The van der Waals surface area contributed by atoms with Gasteiger partial charge >= 0.3 is 12.1 Å². The summed E-state index contributed by atoms with van der Waals surface area (Å²) in [5.41, 5.74) is 0. The van der Waals surface area contributed by atoms with Gasteiger partial charge in [0, 0.05) is 51.5 Å². The molecule has 0 aromatic carbocycles. The van der Waals surface area contributed by atoms with Crippen LogP contribution in [0.4, 0.5) is 13.2 Å². The van der Waals surface area contributed by atoms with Crippen LogP contribution in [-0.2, 0) is 23.2 Å². The number of alkyl halides is 3. The Hall–Kier alpha value is -2.10. The summed E-state index contributed by atoms with van der Waals surface area (Å²) in [5.74, 6) is 0.334. The number of aromatic nitrogens is 2. The Balaban J connectivity index is 0.000000260. The number of rotatable bonds is 4. The summed E-state index contributed by atoms with van der Waals surface area (Å²) < 4.78 is 33.8. The molecule has 150 valence electrons. The number of hydrogen-bond donors (Lipinski definition) is 1. The van der Waals surface area contributed by atoms with Gasteiger partial charge in [-0.15, -0.1) is 0 Å². The zero-order chi connectivity index (χ0) is 19.8. The number of amides is 1. The van der Waals surface area contributed by atoms with E-state index in [2.05, 4.69) is 19.4 Å². The summed E-state index contributed by atoms with van der Waals surface area (Å²) in [6.07, 6.45) is 1.39. The van der Waals surface area contributed by atoms with Crippen LogP contribution in [0.1, 0.15) is 18.7 Å². The van der Waals surface area contributed by atoms with Gasteiger partial charge in [-0.3, -0.25) is 9.69 Å². The molecule has 1 amide bonds. The van der Waals surface area contributed by atoms with Crippen molar-refractivity contribution in [3.63, 3.8) is 0 Å². The van der Waals surface area contributed by atoms with E-state index in [9.17, 15) is 18.0 Å². The van der Waals surface area contributed by atoms with Crippen LogP contribution in [0.2, 0.25) is 0 Å². The fourth-order valence-corrected chi connectivity index (χ4v) is 3.69. The largest absolute Gasteiger partial charge is 0.490 e. The second-order valence-electron chi connectivity index (χ2n) is 7.50. The lowest BCUT2D eigenvalue weighted by molar-refractivity contribution is -0.192. The smallest absolute Gasteiger partial charge is 0.475 e. The molecule has 2 aliphatic heterocycles. The van der Waals surface area contributed by atoms with E-state index in [0.29, 0.717) is 11.8 Å². The summed E-state index contributed by atoms with van der Waals surface area (Å²) in [4.78, 5) is 30.2. The Bertz CT molecular complexity index is 702. The number of hydrogen-bond acceptors (Lipinski definition) is 4. The van der Waals surface area contributed by atoms with Gasteiger partial charge in [0.1, 0.15) is 5.82 Å². The van der Waals surface area contributed by atoms with E-state index in [1.54, 1.807) is 0 Å². The summed E-state index contributed by atoms with van der Waals surface area (Å²) >= 11 is 0. The molecule has 10 heteroatoms. The minimum atomic E-state index is -5.08. The van der Waals surface area contributed by atoms with E-state index in [1.807, 2.05) is 19.4 Å². The lowest BCUT2D eigenvalue weighted by Crippen LogP contribution is -2.34. The third-order valence-electron chi connectivity index (χ3n) is 5.30. The predicted octanol–water partition coefficient (Wildman–Crippen LogP) is 1.35. The highest BCUT2D eigenvalue weighted by Gasteiger charge is 2.47. The molecule has 0 bridgehead atoms. The SMILES string of the molecule is Cn1ccnc1CN1C[C@H]2CN(CC3CC3)C(=O)[C@H]2C1.O=C(O)C(F)(F)F. The van der Waals surface area contributed by atoms with Crippen LogP contribution < -0.4 is 0 Å². The van der Waals surface area contributed by atoms with E-state index >= 15 is 0 Å². The highest BCUT2D eigenvalue weighted by Crippen LogP contribution is 2.36. The highest BCUT2D eigenvalue weighted by molar-refractivity contribution is 5.82. The van der Waals surface area contributed by atoms with E-state index in [-0.39, 0.29) is 5.92 Å². The highest BCUT2D eigenvalue weighted by atomic mass is 19.4. The lowest BCUT2D eigenvalue weighted by atomic mass is 10.0. The number of nitrogens with zero attached hydrogens (tertiary/aromatic N) is 4. The minimum Gasteiger partial charge on any atom is -0.475 e. The topological polar surface area (TPSA) is 78.7 Å². The van der Waals surface area contributed by atoms with Gasteiger partial charge in [-0.25, -0.2) is 9.78 Å². The van der Waals surface area contributed by atoms with Gasteiger partial charge in [0.05, 0.1) is 12.5 Å².